The Morgan fingerprint density at radius 2 is 2.19 bits per heavy atom. The predicted molar refractivity (Wildman–Crippen MR) is 55.6 cm³/mol. The summed E-state index contributed by atoms with van der Waals surface area (Å²) in [4.78, 5) is 15.5. The van der Waals surface area contributed by atoms with Crippen molar-refractivity contribution in [3.8, 4) is 0 Å². The molecule has 1 aromatic heterocycles. The van der Waals surface area contributed by atoms with Crippen molar-refractivity contribution in [2.75, 3.05) is 5.32 Å². The van der Waals surface area contributed by atoms with Crippen LogP contribution in [0.15, 0.2) is 34.9 Å². The Hall–Kier alpha value is -2.17. The lowest BCUT2D eigenvalue weighted by atomic mass is 10.2. The Bertz CT molecular complexity index is 522. The average molecular weight is 220 g/mol. The molecule has 4 nitrogen and oxygen atoms in total. The number of hydrogen-bond acceptors (Lipinski definition) is 3. The monoisotopic (exact) mass is 220 g/mol. The number of halogens is 1. The molecule has 0 atom stereocenters. The van der Waals surface area contributed by atoms with Crippen molar-refractivity contribution < 1.29 is 13.6 Å². The number of oxazole rings is 1. The lowest BCUT2D eigenvalue weighted by Gasteiger charge is -2.01. The number of carbonyl (C=O) groups is 1. The summed E-state index contributed by atoms with van der Waals surface area (Å²) in [7, 11) is 0. The Morgan fingerprint density at radius 3 is 2.81 bits per heavy atom. The fourth-order valence-corrected chi connectivity index (χ4v) is 1.22. The third kappa shape index (κ3) is 2.08. The zero-order valence-electron chi connectivity index (χ0n) is 8.53. The molecule has 0 aliphatic carbocycles. The number of rotatable bonds is 2. The number of benzene rings is 1. The molecule has 5 heteroatoms. The molecule has 1 heterocycles. The van der Waals surface area contributed by atoms with E-state index in [4.69, 9.17) is 4.42 Å². The van der Waals surface area contributed by atoms with E-state index in [1.807, 2.05) is 0 Å². The number of nitrogens with zero attached hydrogens (tertiary/aromatic N) is 1. The summed E-state index contributed by atoms with van der Waals surface area (Å²) in [6.07, 6.45) is 1.40. The van der Waals surface area contributed by atoms with Gasteiger partial charge >= 0.3 is 6.01 Å². The molecule has 0 unspecified atom stereocenters. The fraction of sp³-hybridized carbons (Fsp3) is 0.0909. The van der Waals surface area contributed by atoms with Gasteiger partial charge in [0.25, 0.3) is 5.91 Å². The van der Waals surface area contributed by atoms with E-state index in [9.17, 15) is 9.18 Å². The summed E-state index contributed by atoms with van der Waals surface area (Å²) in [6.45, 7) is 1.72. The topological polar surface area (TPSA) is 55.1 Å². The van der Waals surface area contributed by atoms with Gasteiger partial charge in [0.2, 0.25) is 0 Å². The first-order chi connectivity index (χ1) is 7.66. The van der Waals surface area contributed by atoms with E-state index in [1.165, 1.54) is 24.5 Å². The Kier molecular flexibility index (Phi) is 2.68. The van der Waals surface area contributed by atoms with Gasteiger partial charge in [-0.3, -0.25) is 10.1 Å². The second-order valence-electron chi connectivity index (χ2n) is 3.23. The van der Waals surface area contributed by atoms with Crippen molar-refractivity contribution in [1.82, 2.24) is 4.98 Å². The molecule has 2 rings (SSSR count). The molecule has 0 saturated carbocycles. The summed E-state index contributed by atoms with van der Waals surface area (Å²) in [5.41, 5.74) is 0.599. The van der Waals surface area contributed by atoms with Crippen molar-refractivity contribution in [3.63, 3.8) is 0 Å². The molecule has 1 aromatic carbocycles. The molecule has 0 aliphatic heterocycles. The highest BCUT2D eigenvalue weighted by atomic mass is 19.1. The van der Waals surface area contributed by atoms with Crippen LogP contribution in [0.25, 0.3) is 0 Å². The number of aromatic nitrogens is 1. The van der Waals surface area contributed by atoms with E-state index in [1.54, 1.807) is 13.0 Å². The number of hydrogen-bond donors (Lipinski definition) is 1. The van der Waals surface area contributed by atoms with Gasteiger partial charge < -0.3 is 4.42 Å². The maximum Gasteiger partial charge on any atom is 0.301 e. The Balaban J connectivity index is 2.18. The molecule has 2 aromatic rings. The summed E-state index contributed by atoms with van der Waals surface area (Å²) in [5, 5.41) is 2.36. The number of aryl methyl sites for hydroxylation is 1. The molecule has 0 saturated heterocycles. The first kappa shape index (κ1) is 10.4. The molecule has 82 valence electrons. The summed E-state index contributed by atoms with van der Waals surface area (Å²) >= 11 is 0. The highest BCUT2D eigenvalue weighted by molar-refractivity contribution is 6.03. The highest BCUT2D eigenvalue weighted by Crippen LogP contribution is 2.11. The van der Waals surface area contributed by atoms with Gasteiger partial charge in [-0.25, -0.2) is 4.39 Å². The molecule has 0 bridgehead atoms. The Labute approximate surface area is 91.1 Å². The second kappa shape index (κ2) is 4.14. The number of amides is 1. The van der Waals surface area contributed by atoms with E-state index in [0.29, 0.717) is 5.69 Å². The van der Waals surface area contributed by atoms with Crippen LogP contribution in [0.4, 0.5) is 10.4 Å². The van der Waals surface area contributed by atoms with E-state index in [-0.39, 0.29) is 11.6 Å². The zero-order valence-corrected chi connectivity index (χ0v) is 8.53. The minimum Gasteiger partial charge on any atom is -0.432 e. The SMILES string of the molecule is Cc1coc(NC(=O)c2ccccc2F)n1. The zero-order chi connectivity index (χ0) is 11.5. The van der Waals surface area contributed by atoms with Crippen LogP contribution < -0.4 is 5.32 Å². The number of nitrogens with one attached hydrogen (secondary N) is 1. The van der Waals surface area contributed by atoms with Gasteiger partial charge in [-0.2, -0.15) is 4.98 Å². The summed E-state index contributed by atoms with van der Waals surface area (Å²) < 4.78 is 18.2. The van der Waals surface area contributed by atoms with Gasteiger partial charge in [0, 0.05) is 0 Å². The van der Waals surface area contributed by atoms with Gasteiger partial charge in [0.1, 0.15) is 12.1 Å². The van der Waals surface area contributed by atoms with Crippen molar-refractivity contribution in [3.05, 3.63) is 47.6 Å². The molecular formula is C11H9FN2O2. The molecule has 1 N–H and O–H groups in total. The smallest absolute Gasteiger partial charge is 0.301 e. The van der Waals surface area contributed by atoms with Crippen LogP contribution >= 0.6 is 0 Å². The summed E-state index contributed by atoms with van der Waals surface area (Å²) in [5.74, 6) is -1.16. The molecule has 0 radical (unpaired) electrons. The second-order valence-corrected chi connectivity index (χ2v) is 3.23. The van der Waals surface area contributed by atoms with Gasteiger partial charge in [-0.05, 0) is 19.1 Å². The van der Waals surface area contributed by atoms with Crippen LogP contribution in [0.2, 0.25) is 0 Å². The number of carbonyl (C=O) groups excluding carboxylic acids is 1. The minimum atomic E-state index is -0.583. The molecule has 0 spiro atoms. The fourth-order valence-electron chi connectivity index (χ4n) is 1.22. The maximum atomic E-state index is 13.2. The third-order valence-electron chi connectivity index (χ3n) is 1.96. The molecular weight excluding hydrogens is 211 g/mol. The normalized spacial score (nSPS) is 10.1. The van der Waals surface area contributed by atoms with Gasteiger partial charge in [-0.1, -0.05) is 12.1 Å². The van der Waals surface area contributed by atoms with E-state index >= 15 is 0 Å². The third-order valence-corrected chi connectivity index (χ3v) is 1.96. The molecule has 0 fully saturated rings. The van der Waals surface area contributed by atoms with Crippen LogP contribution in [0.3, 0.4) is 0 Å². The van der Waals surface area contributed by atoms with E-state index < -0.39 is 11.7 Å². The van der Waals surface area contributed by atoms with Crippen molar-refractivity contribution in [1.29, 1.82) is 0 Å². The molecule has 1 amide bonds. The maximum absolute atomic E-state index is 13.2. The van der Waals surface area contributed by atoms with Gasteiger partial charge in [-0.15, -0.1) is 0 Å². The van der Waals surface area contributed by atoms with E-state index in [0.717, 1.165) is 0 Å². The van der Waals surface area contributed by atoms with Crippen LogP contribution in [0.1, 0.15) is 16.1 Å². The van der Waals surface area contributed by atoms with Crippen LogP contribution in [0.5, 0.6) is 0 Å². The average Bonchev–Trinajstić information content (AvgIpc) is 2.64. The first-order valence-corrected chi connectivity index (χ1v) is 4.65. The van der Waals surface area contributed by atoms with Crippen LogP contribution in [-0.4, -0.2) is 10.9 Å². The van der Waals surface area contributed by atoms with Crippen molar-refractivity contribution >= 4 is 11.9 Å². The van der Waals surface area contributed by atoms with E-state index in [2.05, 4.69) is 10.3 Å². The minimum absolute atomic E-state index is 0.0432. The molecule has 0 aliphatic rings. The lowest BCUT2D eigenvalue weighted by molar-refractivity contribution is 0.102. The number of anilines is 1. The van der Waals surface area contributed by atoms with Crippen LogP contribution in [-0.2, 0) is 0 Å². The Morgan fingerprint density at radius 1 is 1.44 bits per heavy atom. The first-order valence-electron chi connectivity index (χ1n) is 4.65. The lowest BCUT2D eigenvalue weighted by Crippen LogP contribution is -2.13. The van der Waals surface area contributed by atoms with Crippen molar-refractivity contribution in [2.45, 2.75) is 6.92 Å². The van der Waals surface area contributed by atoms with Gasteiger partial charge in [0.05, 0.1) is 11.3 Å². The largest absolute Gasteiger partial charge is 0.432 e. The van der Waals surface area contributed by atoms with Crippen molar-refractivity contribution in [2.24, 2.45) is 0 Å². The molecule has 16 heavy (non-hydrogen) atoms. The van der Waals surface area contributed by atoms with Crippen LogP contribution in [0, 0.1) is 12.7 Å². The quantitative estimate of drug-likeness (QED) is 0.845. The highest BCUT2D eigenvalue weighted by Gasteiger charge is 2.12. The standard InChI is InChI=1S/C11H9FN2O2/c1-7-6-16-11(13-7)14-10(15)8-4-2-3-5-9(8)12/h2-6H,1H3,(H,13,14,15). The van der Waals surface area contributed by atoms with Gasteiger partial charge in [0.15, 0.2) is 0 Å². The predicted octanol–water partition coefficient (Wildman–Crippen LogP) is 2.37. The summed E-state index contributed by atoms with van der Waals surface area (Å²) in [6, 6.07) is 5.77.